The molecule has 0 aliphatic heterocycles. The number of hydrogen-bond donors (Lipinski definition) is 9. The molecule has 0 radical (unpaired) electrons. The van der Waals surface area contributed by atoms with Crippen molar-refractivity contribution in [2.24, 2.45) is 0 Å². The van der Waals surface area contributed by atoms with E-state index in [-0.39, 0.29) is 6.42 Å². The highest BCUT2D eigenvalue weighted by atomic mass is 31.2. The number of rotatable bonds is 36. The number of hydrogen-bond acceptors (Lipinski definition) is 11. The molecule has 1 amide bonds. The Balaban J connectivity index is 2.57. The van der Waals surface area contributed by atoms with Crippen LogP contribution in [0.1, 0.15) is 181 Å². The van der Waals surface area contributed by atoms with E-state index in [0.717, 1.165) is 64.2 Å². The minimum absolute atomic E-state index is 0.249. The zero-order valence-electron chi connectivity index (χ0n) is 35.3. The Bertz CT molecular complexity index is 1080. The van der Waals surface area contributed by atoms with Crippen LogP contribution in [0.2, 0.25) is 0 Å². The second-order valence-corrected chi connectivity index (χ2v) is 17.5. The van der Waals surface area contributed by atoms with E-state index in [2.05, 4.69) is 31.3 Å². The molecule has 0 aromatic carbocycles. The van der Waals surface area contributed by atoms with Crippen molar-refractivity contribution in [3.8, 4) is 0 Å². The molecule has 0 saturated heterocycles. The largest absolute Gasteiger partial charge is 0.472 e. The summed E-state index contributed by atoms with van der Waals surface area (Å²) in [5, 5.41) is 74.3. The molecule has 0 spiro atoms. The van der Waals surface area contributed by atoms with E-state index in [1.54, 1.807) is 6.08 Å². The van der Waals surface area contributed by atoms with Gasteiger partial charge in [0.2, 0.25) is 5.91 Å². The number of carbonyl (C=O) groups is 1. The minimum Gasteiger partial charge on any atom is -0.393 e. The van der Waals surface area contributed by atoms with Crippen LogP contribution in [-0.4, -0.2) is 108 Å². The molecule has 1 rings (SSSR count). The first kappa shape index (κ1) is 53.8. The molecule has 8 atom stereocenters. The normalized spacial score (nSPS) is 24.2. The molecule has 14 heteroatoms. The summed E-state index contributed by atoms with van der Waals surface area (Å²) in [6.07, 6.45) is 21.3. The van der Waals surface area contributed by atoms with Crippen LogP contribution in [0.25, 0.3) is 0 Å². The third-order valence-electron chi connectivity index (χ3n) is 10.8. The number of phosphoric acid groups is 1. The SMILES string of the molecule is CCCCCCCC/C=C\CCCCCCCC(O)CC(=O)NC(COP(=O)(O)OC1C(O)C(O)C(O)C(O)C1O)C(O)/C=C/CCCCCCCCCCCC. The van der Waals surface area contributed by atoms with Gasteiger partial charge in [0.1, 0.15) is 36.6 Å². The first-order valence-electron chi connectivity index (χ1n) is 22.4. The highest BCUT2D eigenvalue weighted by Gasteiger charge is 2.51. The fourth-order valence-corrected chi connectivity index (χ4v) is 8.02. The van der Waals surface area contributed by atoms with Gasteiger partial charge in [0, 0.05) is 0 Å². The van der Waals surface area contributed by atoms with Crippen LogP contribution in [0, 0.1) is 0 Å². The summed E-state index contributed by atoms with van der Waals surface area (Å²) in [6.45, 7) is 3.70. The topological polar surface area (TPSA) is 226 Å². The van der Waals surface area contributed by atoms with Crippen LogP contribution in [0.3, 0.4) is 0 Å². The number of phosphoric ester groups is 1. The summed E-state index contributed by atoms with van der Waals surface area (Å²) in [4.78, 5) is 23.4. The highest BCUT2D eigenvalue weighted by molar-refractivity contribution is 7.47. The Kier molecular flexibility index (Phi) is 31.6. The van der Waals surface area contributed by atoms with Crippen molar-refractivity contribution >= 4 is 13.7 Å². The van der Waals surface area contributed by atoms with Gasteiger partial charge in [-0.25, -0.2) is 4.57 Å². The van der Waals surface area contributed by atoms with Crippen molar-refractivity contribution in [3.05, 3.63) is 24.3 Å². The van der Waals surface area contributed by atoms with E-state index in [4.69, 9.17) is 9.05 Å². The fraction of sp³-hybridized carbons (Fsp3) is 0.884. The van der Waals surface area contributed by atoms with Gasteiger partial charge in [-0.15, -0.1) is 0 Å². The second-order valence-electron chi connectivity index (χ2n) is 16.1. The Morgan fingerprint density at radius 2 is 1.02 bits per heavy atom. The van der Waals surface area contributed by atoms with Crippen LogP contribution >= 0.6 is 7.82 Å². The molecule has 57 heavy (non-hydrogen) atoms. The third-order valence-corrected chi connectivity index (χ3v) is 11.8. The van der Waals surface area contributed by atoms with Crippen LogP contribution < -0.4 is 5.32 Å². The smallest absolute Gasteiger partial charge is 0.393 e. The summed E-state index contributed by atoms with van der Waals surface area (Å²) in [5.41, 5.74) is 0. The maximum absolute atomic E-state index is 13.0. The summed E-state index contributed by atoms with van der Waals surface area (Å²) in [7, 11) is -5.14. The van der Waals surface area contributed by atoms with Crippen molar-refractivity contribution in [2.45, 2.75) is 236 Å². The molecule has 8 unspecified atom stereocenters. The summed E-state index contributed by atoms with van der Waals surface area (Å²) in [5.74, 6) is -0.599. The van der Waals surface area contributed by atoms with Gasteiger partial charge in [-0.2, -0.15) is 0 Å². The van der Waals surface area contributed by atoms with Crippen LogP contribution in [0.4, 0.5) is 0 Å². The van der Waals surface area contributed by atoms with Crippen LogP contribution in [0.5, 0.6) is 0 Å². The first-order chi connectivity index (χ1) is 27.3. The molecule has 1 saturated carbocycles. The Hall–Kier alpha value is -1.22. The van der Waals surface area contributed by atoms with E-state index in [1.165, 1.54) is 89.5 Å². The predicted octanol–water partition coefficient (Wildman–Crippen LogP) is 6.81. The molecule has 1 aliphatic rings. The van der Waals surface area contributed by atoms with Gasteiger partial charge in [-0.3, -0.25) is 13.8 Å². The third kappa shape index (κ3) is 25.9. The zero-order chi connectivity index (χ0) is 42.3. The van der Waals surface area contributed by atoms with Crippen molar-refractivity contribution in [1.82, 2.24) is 5.32 Å². The molecule has 0 heterocycles. The monoisotopic (exact) mass is 836 g/mol. The quantitative estimate of drug-likeness (QED) is 0.0180. The number of carbonyl (C=O) groups excluding carboxylic acids is 1. The lowest BCUT2D eigenvalue weighted by atomic mass is 9.85. The van der Waals surface area contributed by atoms with E-state index < -0.39 is 75.2 Å². The average molecular weight is 836 g/mol. The van der Waals surface area contributed by atoms with E-state index >= 15 is 0 Å². The van der Waals surface area contributed by atoms with Gasteiger partial charge in [-0.05, 0) is 44.9 Å². The summed E-state index contributed by atoms with van der Waals surface area (Å²) < 4.78 is 22.8. The molecular formula is C43H82NO12P. The second kappa shape index (κ2) is 33.5. The van der Waals surface area contributed by atoms with Crippen LogP contribution in [0.15, 0.2) is 24.3 Å². The molecule has 336 valence electrons. The van der Waals surface area contributed by atoms with E-state index in [1.807, 2.05) is 0 Å². The Morgan fingerprint density at radius 1 is 0.614 bits per heavy atom. The predicted molar refractivity (Wildman–Crippen MR) is 224 cm³/mol. The van der Waals surface area contributed by atoms with E-state index in [0.29, 0.717) is 12.8 Å². The number of nitrogens with one attached hydrogen (secondary N) is 1. The zero-order valence-corrected chi connectivity index (χ0v) is 36.1. The summed E-state index contributed by atoms with van der Waals surface area (Å²) in [6, 6.07) is -1.24. The lowest BCUT2D eigenvalue weighted by Gasteiger charge is -2.41. The van der Waals surface area contributed by atoms with Crippen molar-refractivity contribution < 1.29 is 59.0 Å². The average Bonchev–Trinajstić information content (AvgIpc) is 3.18. The maximum atomic E-state index is 13.0. The maximum Gasteiger partial charge on any atom is 0.472 e. The number of amides is 1. The number of aliphatic hydroxyl groups excluding tert-OH is 7. The molecule has 1 aliphatic carbocycles. The Morgan fingerprint density at radius 3 is 1.49 bits per heavy atom. The molecule has 13 nitrogen and oxygen atoms in total. The lowest BCUT2D eigenvalue weighted by Crippen LogP contribution is -2.64. The Labute approximate surface area is 344 Å². The van der Waals surface area contributed by atoms with Gasteiger partial charge >= 0.3 is 7.82 Å². The van der Waals surface area contributed by atoms with E-state index in [9.17, 15) is 50.0 Å². The van der Waals surface area contributed by atoms with Gasteiger partial charge in [-0.1, -0.05) is 154 Å². The number of aliphatic hydroxyl groups is 7. The molecule has 1 fully saturated rings. The van der Waals surface area contributed by atoms with Crippen LogP contribution in [-0.2, 0) is 18.4 Å². The minimum atomic E-state index is -5.14. The molecular weight excluding hydrogens is 753 g/mol. The lowest BCUT2D eigenvalue weighted by molar-refractivity contribution is -0.220. The molecule has 0 aromatic rings. The van der Waals surface area contributed by atoms with Crippen molar-refractivity contribution in [1.29, 1.82) is 0 Å². The standard InChI is InChI=1S/C43H82NO12P/c1-3-5-7-9-11-13-15-17-18-19-20-22-24-26-28-30-34(45)32-37(47)44-35(36(46)31-29-27-25-23-21-16-14-12-10-8-6-4-2)33-55-57(53,54)56-43-41(51)39(49)38(48)40(50)42(43)52/h17-18,29,31,34-36,38-43,45-46,48-52H,3-16,19-28,30,32-33H2,1-2H3,(H,44,47)(H,53,54)/b18-17-,31-29+. The van der Waals surface area contributed by atoms with Gasteiger partial charge in [0.25, 0.3) is 0 Å². The van der Waals surface area contributed by atoms with Gasteiger partial charge < -0.3 is 46.0 Å². The van der Waals surface area contributed by atoms with Gasteiger partial charge in [0.05, 0.1) is 31.3 Å². The first-order valence-corrected chi connectivity index (χ1v) is 23.9. The number of allylic oxidation sites excluding steroid dienone is 3. The molecule has 9 N–H and O–H groups in total. The van der Waals surface area contributed by atoms with Gasteiger partial charge in [0.15, 0.2) is 0 Å². The molecule has 0 aromatic heterocycles. The van der Waals surface area contributed by atoms with Crippen molar-refractivity contribution in [3.63, 3.8) is 0 Å². The van der Waals surface area contributed by atoms with Crippen molar-refractivity contribution in [2.75, 3.05) is 6.61 Å². The fourth-order valence-electron chi connectivity index (χ4n) is 7.06. The highest BCUT2D eigenvalue weighted by Crippen LogP contribution is 2.47. The summed E-state index contributed by atoms with van der Waals surface area (Å²) >= 11 is 0. The molecule has 0 bridgehead atoms. The number of unbranched alkanes of at least 4 members (excludes halogenated alkanes) is 21.